The number of hydrogen-bond acceptors (Lipinski definition) is 5. The molecule has 3 rings (SSSR count). The lowest BCUT2D eigenvalue weighted by Gasteiger charge is -2.32. The molecule has 2 aromatic rings. The van der Waals surface area contributed by atoms with Crippen LogP contribution < -0.4 is 10.1 Å². The number of aromatic nitrogens is 1. The van der Waals surface area contributed by atoms with Crippen molar-refractivity contribution in [2.24, 2.45) is 0 Å². The molecule has 8 nitrogen and oxygen atoms in total. The number of hydrogen-bond donors (Lipinski definition) is 3. The van der Waals surface area contributed by atoms with E-state index >= 15 is 0 Å². The summed E-state index contributed by atoms with van der Waals surface area (Å²) in [5, 5.41) is 13.1. The Balaban J connectivity index is 1.56. The van der Waals surface area contributed by atoms with E-state index in [0.29, 0.717) is 19.4 Å². The number of likely N-dealkylation sites (N-methyl/N-ethyl adjacent to an activating group) is 1. The fraction of sp³-hybridized carbons (Fsp3) is 0.565. The van der Waals surface area contributed by atoms with Crippen molar-refractivity contribution in [2.45, 2.75) is 38.6 Å². The van der Waals surface area contributed by atoms with Gasteiger partial charge >= 0.3 is 5.97 Å². The van der Waals surface area contributed by atoms with E-state index in [2.05, 4.69) is 27.1 Å². The summed E-state index contributed by atoms with van der Waals surface area (Å²) in [4.78, 5) is 31.5. The predicted octanol–water partition coefficient (Wildman–Crippen LogP) is 2.10. The van der Waals surface area contributed by atoms with E-state index in [0.717, 1.165) is 61.4 Å². The summed E-state index contributed by atoms with van der Waals surface area (Å²) in [5.74, 6) is -0.497. The monoisotopic (exact) mass is 430 g/mol. The number of H-pyrrole nitrogens is 1. The molecule has 3 N–H and O–H groups in total. The SMILES string of the molecule is CCCC(=O)N[C@@H](Cc1c[nH]c2ccc(OCCCN3CCN(C)CC3)cc12)C(=O)O. The highest BCUT2D eigenvalue weighted by Crippen LogP contribution is 2.25. The molecular weight excluding hydrogens is 396 g/mol. The Morgan fingerprint density at radius 3 is 2.74 bits per heavy atom. The first-order valence-corrected chi connectivity index (χ1v) is 11.1. The van der Waals surface area contributed by atoms with Crippen LogP contribution in [0.1, 0.15) is 31.7 Å². The molecule has 0 aliphatic carbocycles. The first kappa shape index (κ1) is 23.1. The number of aliphatic carboxylic acids is 1. The van der Waals surface area contributed by atoms with Gasteiger partial charge in [0.05, 0.1) is 6.61 Å². The van der Waals surface area contributed by atoms with Gasteiger partial charge in [-0.3, -0.25) is 4.79 Å². The van der Waals surface area contributed by atoms with Crippen molar-refractivity contribution >= 4 is 22.8 Å². The van der Waals surface area contributed by atoms with Gasteiger partial charge in [0.25, 0.3) is 0 Å². The van der Waals surface area contributed by atoms with Crippen LogP contribution in [0.5, 0.6) is 5.75 Å². The van der Waals surface area contributed by atoms with Crippen LogP contribution in [0.15, 0.2) is 24.4 Å². The van der Waals surface area contributed by atoms with Crippen LogP contribution in [0.25, 0.3) is 10.9 Å². The lowest BCUT2D eigenvalue weighted by atomic mass is 10.0. The van der Waals surface area contributed by atoms with Crippen molar-refractivity contribution < 1.29 is 19.4 Å². The van der Waals surface area contributed by atoms with E-state index in [1.807, 2.05) is 31.3 Å². The van der Waals surface area contributed by atoms with Gasteiger partial charge in [-0.2, -0.15) is 0 Å². The molecule has 31 heavy (non-hydrogen) atoms. The Bertz CT molecular complexity index is 874. The van der Waals surface area contributed by atoms with Gasteiger partial charge in [0, 0.05) is 62.7 Å². The second-order valence-electron chi connectivity index (χ2n) is 8.28. The van der Waals surface area contributed by atoms with Gasteiger partial charge in [0.2, 0.25) is 5.91 Å². The van der Waals surface area contributed by atoms with Crippen LogP contribution >= 0.6 is 0 Å². The zero-order valence-corrected chi connectivity index (χ0v) is 18.5. The average molecular weight is 431 g/mol. The number of carboxylic acids is 1. The van der Waals surface area contributed by atoms with Crippen molar-refractivity contribution in [3.8, 4) is 5.75 Å². The summed E-state index contributed by atoms with van der Waals surface area (Å²) in [5.41, 5.74) is 1.77. The van der Waals surface area contributed by atoms with Crippen molar-refractivity contribution in [2.75, 3.05) is 46.4 Å². The van der Waals surface area contributed by atoms with Gasteiger partial charge in [-0.05, 0) is 43.7 Å². The summed E-state index contributed by atoms with van der Waals surface area (Å²) < 4.78 is 5.96. The standard InChI is InChI=1S/C23H34N4O4/c1-3-5-22(28)25-21(23(29)30)14-17-16-24-20-7-6-18(15-19(17)20)31-13-4-8-27-11-9-26(2)10-12-27/h6-7,15-16,21,24H,3-5,8-14H2,1-2H3,(H,25,28)(H,29,30)/t21-/m0/s1. The zero-order valence-electron chi connectivity index (χ0n) is 18.5. The number of piperazine rings is 1. The number of carbonyl (C=O) groups excluding carboxylic acids is 1. The largest absolute Gasteiger partial charge is 0.494 e. The highest BCUT2D eigenvalue weighted by atomic mass is 16.5. The Kier molecular flexibility index (Phi) is 8.31. The van der Waals surface area contributed by atoms with Crippen LogP contribution in [0.2, 0.25) is 0 Å². The third-order valence-electron chi connectivity index (χ3n) is 5.76. The summed E-state index contributed by atoms with van der Waals surface area (Å²) in [6.07, 6.45) is 4.00. The van der Waals surface area contributed by atoms with Gasteiger partial charge in [-0.15, -0.1) is 0 Å². The minimum absolute atomic E-state index is 0.220. The number of nitrogens with one attached hydrogen (secondary N) is 2. The summed E-state index contributed by atoms with van der Waals surface area (Å²) in [6, 6.07) is 4.87. The van der Waals surface area contributed by atoms with E-state index in [4.69, 9.17) is 4.74 Å². The quantitative estimate of drug-likeness (QED) is 0.473. The molecule has 1 aliphatic rings. The van der Waals surface area contributed by atoms with E-state index in [9.17, 15) is 14.7 Å². The van der Waals surface area contributed by atoms with Crippen LogP contribution in [0.4, 0.5) is 0 Å². The second kappa shape index (κ2) is 11.2. The van der Waals surface area contributed by atoms with Crippen molar-refractivity contribution in [3.63, 3.8) is 0 Å². The van der Waals surface area contributed by atoms with E-state index < -0.39 is 12.0 Å². The zero-order chi connectivity index (χ0) is 22.2. The second-order valence-corrected chi connectivity index (χ2v) is 8.28. The first-order chi connectivity index (χ1) is 15.0. The summed E-state index contributed by atoms with van der Waals surface area (Å²) in [6.45, 7) is 8.00. The molecular formula is C23H34N4O4. The normalized spacial score (nSPS) is 16.3. The summed E-state index contributed by atoms with van der Waals surface area (Å²) in [7, 11) is 2.16. The number of nitrogens with zero attached hydrogens (tertiary/aromatic N) is 2. The maximum atomic E-state index is 11.9. The Hall–Kier alpha value is -2.58. The molecule has 1 aromatic heterocycles. The predicted molar refractivity (Wildman–Crippen MR) is 121 cm³/mol. The minimum atomic E-state index is -1.03. The van der Waals surface area contributed by atoms with Crippen LogP contribution in [0.3, 0.4) is 0 Å². The molecule has 0 bridgehead atoms. The lowest BCUT2D eigenvalue weighted by Crippen LogP contribution is -2.44. The molecule has 1 aromatic carbocycles. The molecule has 0 spiro atoms. The Morgan fingerprint density at radius 1 is 1.26 bits per heavy atom. The number of carbonyl (C=O) groups is 2. The Morgan fingerprint density at radius 2 is 2.03 bits per heavy atom. The van der Waals surface area contributed by atoms with Gasteiger partial charge < -0.3 is 29.9 Å². The molecule has 1 aliphatic heterocycles. The van der Waals surface area contributed by atoms with Crippen molar-refractivity contribution in [1.82, 2.24) is 20.1 Å². The van der Waals surface area contributed by atoms with Crippen LogP contribution in [-0.4, -0.2) is 84.2 Å². The van der Waals surface area contributed by atoms with E-state index in [-0.39, 0.29) is 12.3 Å². The van der Waals surface area contributed by atoms with E-state index in [1.54, 1.807) is 0 Å². The number of amides is 1. The van der Waals surface area contributed by atoms with Gasteiger partial charge in [-0.25, -0.2) is 4.79 Å². The fourth-order valence-electron chi connectivity index (χ4n) is 3.88. The van der Waals surface area contributed by atoms with E-state index in [1.165, 1.54) is 0 Å². The maximum Gasteiger partial charge on any atom is 0.326 e. The molecule has 2 heterocycles. The maximum absolute atomic E-state index is 11.9. The number of benzene rings is 1. The molecule has 0 radical (unpaired) electrons. The third kappa shape index (κ3) is 6.70. The minimum Gasteiger partial charge on any atom is -0.494 e. The van der Waals surface area contributed by atoms with Gasteiger partial charge in [0.15, 0.2) is 0 Å². The molecule has 0 unspecified atom stereocenters. The number of carboxylic acid groups (broad SMARTS) is 1. The number of ether oxygens (including phenoxy) is 1. The van der Waals surface area contributed by atoms with Crippen molar-refractivity contribution in [1.29, 1.82) is 0 Å². The summed E-state index contributed by atoms with van der Waals surface area (Å²) >= 11 is 0. The van der Waals surface area contributed by atoms with Gasteiger partial charge in [-0.1, -0.05) is 6.92 Å². The molecule has 1 fully saturated rings. The van der Waals surface area contributed by atoms with Crippen LogP contribution in [0, 0.1) is 0 Å². The third-order valence-corrected chi connectivity index (χ3v) is 5.76. The number of fused-ring (bicyclic) bond motifs is 1. The smallest absolute Gasteiger partial charge is 0.326 e. The highest BCUT2D eigenvalue weighted by molar-refractivity contribution is 5.87. The molecule has 8 heteroatoms. The van der Waals surface area contributed by atoms with Crippen molar-refractivity contribution in [3.05, 3.63) is 30.0 Å². The molecule has 1 atom stereocenters. The molecule has 1 amide bonds. The van der Waals surface area contributed by atoms with Crippen LogP contribution in [-0.2, 0) is 16.0 Å². The Labute approximate surface area is 183 Å². The van der Waals surface area contributed by atoms with Gasteiger partial charge in [0.1, 0.15) is 11.8 Å². The highest BCUT2D eigenvalue weighted by Gasteiger charge is 2.21. The average Bonchev–Trinajstić information content (AvgIpc) is 3.14. The fourth-order valence-corrected chi connectivity index (χ4v) is 3.88. The number of aromatic amines is 1. The number of rotatable bonds is 11. The molecule has 0 saturated carbocycles. The lowest BCUT2D eigenvalue weighted by molar-refractivity contribution is -0.141. The topological polar surface area (TPSA) is 97.9 Å². The molecule has 1 saturated heterocycles. The first-order valence-electron chi connectivity index (χ1n) is 11.1. The molecule has 170 valence electrons.